The van der Waals surface area contributed by atoms with Crippen LogP contribution in [0.5, 0.6) is 0 Å². The Kier molecular flexibility index (Phi) is 4.14. The summed E-state index contributed by atoms with van der Waals surface area (Å²) < 4.78 is 5.11. The van der Waals surface area contributed by atoms with Crippen LogP contribution in [0.2, 0.25) is 0 Å². The van der Waals surface area contributed by atoms with E-state index in [9.17, 15) is 4.79 Å². The molecular formula is C12H23NO2. The van der Waals surface area contributed by atoms with Gasteiger partial charge in [-0.25, -0.2) is 0 Å². The van der Waals surface area contributed by atoms with Crippen molar-refractivity contribution in [1.82, 2.24) is 4.90 Å². The van der Waals surface area contributed by atoms with Crippen molar-refractivity contribution in [3.8, 4) is 0 Å². The van der Waals surface area contributed by atoms with Crippen molar-refractivity contribution in [2.45, 2.75) is 58.0 Å². The summed E-state index contributed by atoms with van der Waals surface area (Å²) in [5.74, 6) is -0.112. The molecule has 0 saturated heterocycles. The maximum atomic E-state index is 11.8. The molecule has 3 heteroatoms. The van der Waals surface area contributed by atoms with Gasteiger partial charge in [-0.1, -0.05) is 12.8 Å². The van der Waals surface area contributed by atoms with E-state index in [0.29, 0.717) is 12.6 Å². The van der Waals surface area contributed by atoms with Gasteiger partial charge in [-0.3, -0.25) is 9.69 Å². The summed E-state index contributed by atoms with van der Waals surface area (Å²) in [5.41, 5.74) is -0.495. The highest BCUT2D eigenvalue weighted by Gasteiger charge is 2.38. The Hall–Kier alpha value is -0.570. The largest absolute Gasteiger partial charge is 0.465 e. The topological polar surface area (TPSA) is 29.5 Å². The van der Waals surface area contributed by atoms with Crippen molar-refractivity contribution in [2.75, 3.05) is 13.7 Å². The SMILES string of the molecule is CCOC(=O)C(C)(C)N(C)C1CCCC1. The zero-order chi connectivity index (χ0) is 11.5. The molecule has 1 saturated carbocycles. The smallest absolute Gasteiger partial charge is 0.325 e. The molecule has 0 unspecified atom stereocenters. The molecule has 1 rings (SSSR count). The first-order valence-electron chi connectivity index (χ1n) is 5.90. The van der Waals surface area contributed by atoms with Crippen LogP contribution >= 0.6 is 0 Å². The third-order valence-electron chi connectivity index (χ3n) is 3.53. The number of likely N-dealkylation sites (N-methyl/N-ethyl adjacent to an activating group) is 1. The van der Waals surface area contributed by atoms with Gasteiger partial charge in [0.05, 0.1) is 6.61 Å². The number of carbonyl (C=O) groups is 1. The minimum atomic E-state index is -0.495. The minimum absolute atomic E-state index is 0.112. The predicted molar refractivity (Wildman–Crippen MR) is 60.7 cm³/mol. The number of nitrogens with zero attached hydrogens (tertiary/aromatic N) is 1. The van der Waals surface area contributed by atoms with Crippen LogP contribution in [0.1, 0.15) is 46.5 Å². The van der Waals surface area contributed by atoms with Gasteiger partial charge in [0, 0.05) is 6.04 Å². The lowest BCUT2D eigenvalue weighted by atomic mass is 10.0. The average molecular weight is 213 g/mol. The van der Waals surface area contributed by atoms with Crippen molar-refractivity contribution < 1.29 is 9.53 Å². The maximum absolute atomic E-state index is 11.8. The third kappa shape index (κ3) is 2.71. The molecule has 0 aliphatic heterocycles. The molecule has 0 aromatic carbocycles. The van der Waals surface area contributed by atoms with Gasteiger partial charge < -0.3 is 4.74 Å². The molecule has 0 heterocycles. The van der Waals surface area contributed by atoms with E-state index in [0.717, 1.165) is 0 Å². The maximum Gasteiger partial charge on any atom is 0.325 e. The molecule has 0 N–H and O–H groups in total. The van der Waals surface area contributed by atoms with Gasteiger partial charge in [0.2, 0.25) is 0 Å². The summed E-state index contributed by atoms with van der Waals surface area (Å²) in [4.78, 5) is 14.0. The van der Waals surface area contributed by atoms with Gasteiger partial charge in [0.25, 0.3) is 0 Å². The Morgan fingerprint density at radius 2 is 1.93 bits per heavy atom. The zero-order valence-electron chi connectivity index (χ0n) is 10.4. The van der Waals surface area contributed by atoms with Gasteiger partial charge in [0.1, 0.15) is 5.54 Å². The molecule has 1 fully saturated rings. The van der Waals surface area contributed by atoms with E-state index >= 15 is 0 Å². The average Bonchev–Trinajstić information content (AvgIpc) is 2.69. The number of esters is 1. The van der Waals surface area contributed by atoms with Crippen LogP contribution in [0.15, 0.2) is 0 Å². The van der Waals surface area contributed by atoms with Crippen LogP contribution in [-0.4, -0.2) is 36.1 Å². The highest BCUT2D eigenvalue weighted by atomic mass is 16.5. The van der Waals surface area contributed by atoms with E-state index in [2.05, 4.69) is 4.90 Å². The molecule has 15 heavy (non-hydrogen) atoms. The Balaban J connectivity index is 2.62. The molecule has 0 spiro atoms. The van der Waals surface area contributed by atoms with E-state index < -0.39 is 5.54 Å². The molecule has 88 valence electrons. The summed E-state index contributed by atoms with van der Waals surface area (Å²) >= 11 is 0. The fraction of sp³-hybridized carbons (Fsp3) is 0.917. The second-order valence-corrected chi connectivity index (χ2v) is 4.83. The molecule has 3 nitrogen and oxygen atoms in total. The molecule has 1 aliphatic carbocycles. The summed E-state index contributed by atoms with van der Waals surface area (Å²) in [6, 6.07) is 0.546. The van der Waals surface area contributed by atoms with E-state index in [1.54, 1.807) is 0 Å². The van der Waals surface area contributed by atoms with E-state index in [4.69, 9.17) is 4.74 Å². The molecule has 1 aliphatic rings. The van der Waals surface area contributed by atoms with Gasteiger partial charge in [0.15, 0.2) is 0 Å². The fourth-order valence-electron chi connectivity index (χ4n) is 2.20. The monoisotopic (exact) mass is 213 g/mol. The van der Waals surface area contributed by atoms with Crippen molar-refractivity contribution in [3.05, 3.63) is 0 Å². The number of rotatable bonds is 4. The summed E-state index contributed by atoms with van der Waals surface area (Å²) in [5, 5.41) is 0. The Morgan fingerprint density at radius 3 is 2.40 bits per heavy atom. The van der Waals surface area contributed by atoms with Crippen LogP contribution in [0.3, 0.4) is 0 Å². The van der Waals surface area contributed by atoms with Gasteiger partial charge in [-0.05, 0) is 40.7 Å². The lowest BCUT2D eigenvalue weighted by Gasteiger charge is -2.37. The second kappa shape index (κ2) is 4.97. The highest BCUT2D eigenvalue weighted by molar-refractivity contribution is 5.79. The lowest BCUT2D eigenvalue weighted by Crippen LogP contribution is -2.52. The first-order chi connectivity index (χ1) is 7.00. The van der Waals surface area contributed by atoms with Crippen molar-refractivity contribution in [1.29, 1.82) is 0 Å². The van der Waals surface area contributed by atoms with Crippen LogP contribution in [0, 0.1) is 0 Å². The Labute approximate surface area is 92.8 Å². The third-order valence-corrected chi connectivity index (χ3v) is 3.53. The standard InChI is InChI=1S/C12H23NO2/c1-5-15-11(14)12(2,3)13(4)10-8-6-7-9-10/h10H,5-9H2,1-4H3. The second-order valence-electron chi connectivity index (χ2n) is 4.83. The highest BCUT2D eigenvalue weighted by Crippen LogP contribution is 2.28. The van der Waals surface area contributed by atoms with Crippen LogP contribution in [0.25, 0.3) is 0 Å². The van der Waals surface area contributed by atoms with Crippen LogP contribution in [-0.2, 0) is 9.53 Å². The molecule has 0 aromatic heterocycles. The summed E-state index contributed by atoms with van der Waals surface area (Å²) in [6.07, 6.45) is 4.99. The van der Waals surface area contributed by atoms with E-state index in [1.807, 2.05) is 27.8 Å². The number of carbonyl (C=O) groups excluding carboxylic acids is 1. The molecule has 0 atom stereocenters. The minimum Gasteiger partial charge on any atom is -0.465 e. The Bertz CT molecular complexity index is 220. The number of hydrogen-bond acceptors (Lipinski definition) is 3. The molecule has 0 aromatic rings. The number of ether oxygens (including phenoxy) is 1. The first kappa shape index (κ1) is 12.5. The summed E-state index contributed by atoms with van der Waals surface area (Å²) in [7, 11) is 2.03. The van der Waals surface area contributed by atoms with Crippen LogP contribution in [0.4, 0.5) is 0 Å². The summed E-state index contributed by atoms with van der Waals surface area (Å²) in [6.45, 7) is 6.21. The molecule has 0 amide bonds. The Morgan fingerprint density at radius 1 is 1.40 bits per heavy atom. The number of hydrogen-bond donors (Lipinski definition) is 0. The molecular weight excluding hydrogens is 190 g/mol. The van der Waals surface area contributed by atoms with Crippen LogP contribution < -0.4 is 0 Å². The predicted octanol–water partition coefficient (Wildman–Crippen LogP) is 2.20. The lowest BCUT2D eigenvalue weighted by molar-refractivity contribution is -0.156. The fourth-order valence-corrected chi connectivity index (χ4v) is 2.20. The van der Waals surface area contributed by atoms with E-state index in [1.165, 1.54) is 25.7 Å². The first-order valence-corrected chi connectivity index (χ1v) is 5.90. The van der Waals surface area contributed by atoms with Gasteiger partial charge >= 0.3 is 5.97 Å². The van der Waals surface area contributed by atoms with E-state index in [-0.39, 0.29) is 5.97 Å². The molecule has 0 bridgehead atoms. The van der Waals surface area contributed by atoms with Crippen molar-refractivity contribution >= 4 is 5.97 Å². The van der Waals surface area contributed by atoms with Gasteiger partial charge in [-0.15, -0.1) is 0 Å². The van der Waals surface area contributed by atoms with Crippen molar-refractivity contribution in [2.24, 2.45) is 0 Å². The normalized spacial score (nSPS) is 18.5. The molecule has 0 radical (unpaired) electrons. The van der Waals surface area contributed by atoms with Gasteiger partial charge in [-0.2, -0.15) is 0 Å². The quantitative estimate of drug-likeness (QED) is 0.670. The zero-order valence-corrected chi connectivity index (χ0v) is 10.4. The van der Waals surface area contributed by atoms with Crippen molar-refractivity contribution in [3.63, 3.8) is 0 Å².